The van der Waals surface area contributed by atoms with Crippen molar-refractivity contribution in [3.63, 3.8) is 0 Å². The summed E-state index contributed by atoms with van der Waals surface area (Å²) < 4.78 is 35.7. The Morgan fingerprint density at radius 2 is 0.905 bits per heavy atom. The van der Waals surface area contributed by atoms with Gasteiger partial charge in [-0.15, -0.1) is 0 Å². The summed E-state index contributed by atoms with van der Waals surface area (Å²) in [5, 5.41) is 2.81. The molecular formula is C37H47O3PS. The molecular weight excluding hydrogens is 555 g/mol. The van der Waals surface area contributed by atoms with E-state index < -0.39 is 16.9 Å². The molecule has 4 aromatic rings. The van der Waals surface area contributed by atoms with Crippen molar-refractivity contribution >= 4 is 32.9 Å². The van der Waals surface area contributed by atoms with Gasteiger partial charge < -0.3 is 0 Å². The standard InChI is InChI=1S/C37H47O3PS/c1-3-4-5-6-7-8-9-10-11-21-32-41(34-22-15-12-16-23-34,35-24-17-13-18-25-35,36-26-19-14-20-27-36)40-42(38,39)37-30-28-33(2)29-31-37/h12-20,22-31H,3-11,21,32H2,1-2H3. The van der Waals surface area contributed by atoms with Gasteiger partial charge in [-0.2, -0.15) is 0 Å². The molecule has 0 spiro atoms. The molecule has 0 bridgehead atoms. The zero-order valence-electron chi connectivity index (χ0n) is 25.3. The molecule has 3 nitrogen and oxygen atoms in total. The van der Waals surface area contributed by atoms with E-state index in [2.05, 4.69) is 43.3 Å². The molecule has 5 heteroatoms. The zero-order chi connectivity index (χ0) is 29.8. The van der Waals surface area contributed by atoms with Crippen LogP contribution in [0.5, 0.6) is 0 Å². The van der Waals surface area contributed by atoms with Crippen molar-refractivity contribution in [3.8, 4) is 0 Å². The van der Waals surface area contributed by atoms with Crippen LogP contribution in [-0.2, 0) is 14.1 Å². The van der Waals surface area contributed by atoms with Gasteiger partial charge in [0, 0.05) is 0 Å². The van der Waals surface area contributed by atoms with E-state index in [9.17, 15) is 8.42 Å². The van der Waals surface area contributed by atoms with Crippen LogP contribution >= 0.6 is 6.83 Å². The molecule has 0 atom stereocenters. The molecule has 0 aromatic heterocycles. The Balaban J connectivity index is 1.79. The summed E-state index contributed by atoms with van der Waals surface area (Å²) in [6.07, 6.45) is 12.7. The van der Waals surface area contributed by atoms with Gasteiger partial charge in [0.25, 0.3) is 0 Å². The maximum absolute atomic E-state index is 14.4. The molecule has 224 valence electrons. The Hall–Kier alpha value is -2.78. The minimum absolute atomic E-state index is 0.188. The molecule has 0 radical (unpaired) electrons. The number of unbranched alkanes of at least 4 members (excludes halogenated alkanes) is 9. The van der Waals surface area contributed by atoms with Gasteiger partial charge in [0.15, 0.2) is 0 Å². The van der Waals surface area contributed by atoms with E-state index in [-0.39, 0.29) is 4.90 Å². The second-order valence-corrected chi connectivity index (χ2v) is 17.9. The van der Waals surface area contributed by atoms with Crippen LogP contribution in [0.1, 0.15) is 76.7 Å². The van der Waals surface area contributed by atoms with Crippen LogP contribution in [0.2, 0.25) is 0 Å². The number of hydrogen-bond acceptors (Lipinski definition) is 3. The summed E-state index contributed by atoms with van der Waals surface area (Å²) in [6.45, 7) is 0.198. The third-order valence-electron chi connectivity index (χ3n) is 8.42. The van der Waals surface area contributed by atoms with Crippen molar-refractivity contribution in [2.24, 2.45) is 0 Å². The van der Waals surface area contributed by atoms with Gasteiger partial charge in [0.05, 0.1) is 0 Å². The summed E-state index contributed by atoms with van der Waals surface area (Å²) >= 11 is 0. The van der Waals surface area contributed by atoms with Crippen LogP contribution in [-0.4, -0.2) is 14.6 Å². The third kappa shape index (κ3) is 7.22. The molecule has 0 fully saturated rings. The molecule has 0 saturated carbocycles. The second kappa shape index (κ2) is 15.1. The Morgan fingerprint density at radius 3 is 1.31 bits per heavy atom. The van der Waals surface area contributed by atoms with E-state index in [1.165, 1.54) is 44.9 Å². The van der Waals surface area contributed by atoms with Crippen molar-refractivity contribution in [2.45, 2.75) is 83.0 Å². The predicted octanol–water partition coefficient (Wildman–Crippen LogP) is 9.07. The molecule has 0 aliphatic heterocycles. The van der Waals surface area contributed by atoms with Crippen molar-refractivity contribution in [1.82, 2.24) is 0 Å². The number of benzene rings is 4. The Kier molecular flexibility index (Phi) is 11.6. The molecule has 0 aliphatic carbocycles. The van der Waals surface area contributed by atoms with Gasteiger partial charge in [-0.05, 0) is 0 Å². The molecule has 0 aliphatic rings. The predicted molar refractivity (Wildman–Crippen MR) is 181 cm³/mol. The quantitative estimate of drug-likeness (QED) is 0.0895. The Labute approximate surface area is 254 Å². The van der Waals surface area contributed by atoms with Gasteiger partial charge in [0.1, 0.15) is 0 Å². The second-order valence-electron chi connectivity index (χ2n) is 11.5. The Morgan fingerprint density at radius 1 is 0.524 bits per heavy atom. The summed E-state index contributed by atoms with van der Waals surface area (Å²) in [5.41, 5.74) is 1.01. The number of aryl methyl sites for hydroxylation is 1. The molecule has 0 saturated heterocycles. The average molecular weight is 603 g/mol. The van der Waals surface area contributed by atoms with Crippen LogP contribution in [0.4, 0.5) is 0 Å². The van der Waals surface area contributed by atoms with Crippen LogP contribution < -0.4 is 15.9 Å². The monoisotopic (exact) mass is 602 g/mol. The van der Waals surface area contributed by atoms with Crippen molar-refractivity contribution < 1.29 is 12.4 Å². The van der Waals surface area contributed by atoms with Crippen LogP contribution in [0.25, 0.3) is 0 Å². The fourth-order valence-corrected chi connectivity index (χ4v) is 14.9. The first-order valence-corrected chi connectivity index (χ1v) is 19.4. The summed E-state index contributed by atoms with van der Waals surface area (Å²) in [7, 11) is -4.14. The van der Waals surface area contributed by atoms with E-state index in [0.29, 0.717) is 6.16 Å². The van der Waals surface area contributed by atoms with Gasteiger partial charge >= 0.3 is 255 Å². The molecule has 42 heavy (non-hydrogen) atoms. The molecule has 0 N–H and O–H groups in total. The molecule has 0 amide bonds. The van der Waals surface area contributed by atoms with Crippen LogP contribution in [0.15, 0.2) is 120 Å². The van der Waals surface area contributed by atoms with Crippen molar-refractivity contribution in [2.75, 3.05) is 6.16 Å². The first kappa shape index (κ1) is 32.1. The summed E-state index contributed by atoms with van der Waals surface area (Å²) in [5.74, 6) is 0. The van der Waals surface area contributed by atoms with Gasteiger partial charge in [-0.25, -0.2) is 0 Å². The molecule has 0 unspecified atom stereocenters. The third-order valence-corrected chi connectivity index (χ3v) is 16.7. The fraction of sp³-hybridized carbons (Fsp3) is 0.351. The maximum atomic E-state index is 14.4. The van der Waals surface area contributed by atoms with Crippen molar-refractivity contribution in [3.05, 3.63) is 121 Å². The van der Waals surface area contributed by atoms with E-state index in [0.717, 1.165) is 40.7 Å². The van der Waals surface area contributed by atoms with E-state index >= 15 is 0 Å². The number of hydrogen-bond donors (Lipinski definition) is 0. The normalized spacial score (nSPS) is 13.0. The minimum atomic E-state index is -4.14. The van der Waals surface area contributed by atoms with Crippen LogP contribution in [0.3, 0.4) is 0 Å². The zero-order valence-corrected chi connectivity index (χ0v) is 27.0. The topological polar surface area (TPSA) is 43.4 Å². The molecule has 4 aromatic carbocycles. The molecule has 4 rings (SSSR count). The first-order chi connectivity index (χ1) is 20.4. The van der Waals surface area contributed by atoms with Gasteiger partial charge in [-0.3, -0.25) is 0 Å². The van der Waals surface area contributed by atoms with Gasteiger partial charge in [-0.1, -0.05) is 0 Å². The average Bonchev–Trinajstić information content (AvgIpc) is 3.03. The van der Waals surface area contributed by atoms with E-state index in [1.54, 1.807) is 12.1 Å². The van der Waals surface area contributed by atoms with E-state index in [1.807, 2.05) is 73.7 Å². The summed E-state index contributed by atoms with van der Waals surface area (Å²) in [4.78, 5) is 0.188. The van der Waals surface area contributed by atoms with E-state index in [4.69, 9.17) is 3.97 Å². The summed E-state index contributed by atoms with van der Waals surface area (Å²) in [6, 6.07) is 37.4. The van der Waals surface area contributed by atoms with Crippen molar-refractivity contribution in [1.29, 1.82) is 0 Å². The Bertz CT molecular complexity index is 1350. The number of rotatable bonds is 17. The SMILES string of the molecule is CCCCCCCCCCCCP(OS(=O)(=O)c1ccc(C)cc1)(c1ccccc1)(c1ccccc1)c1ccccc1. The first-order valence-electron chi connectivity index (χ1n) is 15.6. The van der Waals surface area contributed by atoms with Crippen LogP contribution in [0, 0.1) is 6.92 Å². The fourth-order valence-electron chi connectivity index (χ4n) is 6.10. The van der Waals surface area contributed by atoms with Gasteiger partial charge in [0.2, 0.25) is 0 Å². The molecule has 0 heterocycles.